The minimum Gasteiger partial charge on any atom is -0.490 e. The van der Waals surface area contributed by atoms with Crippen LogP contribution in [0.25, 0.3) is 0 Å². The molecule has 1 N–H and O–H groups in total. The van der Waals surface area contributed by atoms with Gasteiger partial charge in [-0.05, 0) is 32.4 Å². The van der Waals surface area contributed by atoms with Crippen LogP contribution >= 0.6 is 0 Å². The van der Waals surface area contributed by atoms with Gasteiger partial charge in [0, 0.05) is 13.0 Å². The van der Waals surface area contributed by atoms with Gasteiger partial charge in [-0.2, -0.15) is 0 Å². The van der Waals surface area contributed by atoms with Crippen molar-refractivity contribution in [3.05, 3.63) is 24.3 Å². The van der Waals surface area contributed by atoms with Crippen LogP contribution in [-0.2, 0) is 9.53 Å². The summed E-state index contributed by atoms with van der Waals surface area (Å²) in [6.45, 7) is 5.10. The lowest BCUT2D eigenvalue weighted by atomic mass is 9.79. The van der Waals surface area contributed by atoms with Crippen LogP contribution in [-0.4, -0.2) is 37.0 Å². The molecular weight excluding hydrogens is 272 g/mol. The normalized spacial score (nSPS) is 24.8. The zero-order valence-electron chi connectivity index (χ0n) is 12.5. The quantitative estimate of drug-likeness (QED) is 0.837. The van der Waals surface area contributed by atoms with E-state index in [0.29, 0.717) is 44.2 Å². The van der Waals surface area contributed by atoms with E-state index in [1.807, 2.05) is 38.1 Å². The Labute approximate surface area is 124 Å². The number of benzene rings is 1. The highest BCUT2D eigenvalue weighted by Crippen LogP contribution is 2.39. The predicted octanol–water partition coefficient (Wildman–Crippen LogP) is 2.73. The molecule has 5 nitrogen and oxygen atoms in total. The zero-order valence-corrected chi connectivity index (χ0v) is 12.5. The molecule has 0 bridgehead atoms. The van der Waals surface area contributed by atoms with Gasteiger partial charge >= 0.3 is 5.97 Å². The lowest BCUT2D eigenvalue weighted by Gasteiger charge is -2.27. The first kappa shape index (κ1) is 15.6. The van der Waals surface area contributed by atoms with Crippen molar-refractivity contribution >= 4 is 5.97 Å². The van der Waals surface area contributed by atoms with E-state index in [-0.39, 0.29) is 6.10 Å². The lowest BCUT2D eigenvalue weighted by molar-refractivity contribution is -0.153. The fourth-order valence-corrected chi connectivity index (χ4v) is 2.68. The maximum Gasteiger partial charge on any atom is 0.312 e. The van der Waals surface area contributed by atoms with Crippen molar-refractivity contribution in [2.45, 2.75) is 32.8 Å². The van der Waals surface area contributed by atoms with Crippen molar-refractivity contribution < 1.29 is 24.1 Å². The number of hydrogen-bond donors (Lipinski definition) is 1. The molecule has 0 radical (unpaired) electrons. The molecule has 0 aromatic heterocycles. The Bertz CT molecular complexity index is 487. The highest BCUT2D eigenvalue weighted by molar-refractivity contribution is 5.75. The molecule has 5 heteroatoms. The number of carboxylic acids is 1. The molecule has 1 aliphatic heterocycles. The van der Waals surface area contributed by atoms with Crippen molar-refractivity contribution in [1.29, 1.82) is 0 Å². The van der Waals surface area contributed by atoms with Gasteiger partial charge in [0.15, 0.2) is 11.5 Å². The first-order valence-corrected chi connectivity index (χ1v) is 7.30. The van der Waals surface area contributed by atoms with E-state index in [1.54, 1.807) is 0 Å². The third-order valence-electron chi connectivity index (χ3n) is 4.07. The van der Waals surface area contributed by atoms with E-state index in [4.69, 9.17) is 14.2 Å². The number of ether oxygens (including phenoxy) is 3. The van der Waals surface area contributed by atoms with Gasteiger partial charge in [-0.3, -0.25) is 4.79 Å². The van der Waals surface area contributed by atoms with E-state index in [2.05, 4.69) is 0 Å². The summed E-state index contributed by atoms with van der Waals surface area (Å²) in [5.41, 5.74) is -0.847. The Morgan fingerprint density at radius 3 is 2.57 bits per heavy atom. The molecule has 1 aliphatic rings. The minimum atomic E-state index is -0.847. The van der Waals surface area contributed by atoms with Crippen LogP contribution in [0.4, 0.5) is 0 Å². The predicted molar refractivity (Wildman–Crippen MR) is 77.8 cm³/mol. The van der Waals surface area contributed by atoms with Crippen LogP contribution < -0.4 is 9.47 Å². The number of rotatable bonds is 7. The minimum absolute atomic E-state index is 0.291. The average molecular weight is 294 g/mol. The van der Waals surface area contributed by atoms with E-state index in [0.717, 1.165) is 0 Å². The van der Waals surface area contributed by atoms with Crippen LogP contribution in [0.15, 0.2) is 24.3 Å². The Hall–Kier alpha value is -1.75. The Balaban J connectivity index is 1.99. The molecule has 0 spiro atoms. The van der Waals surface area contributed by atoms with Crippen LogP contribution in [0.2, 0.25) is 0 Å². The molecule has 1 heterocycles. The topological polar surface area (TPSA) is 65.0 Å². The fraction of sp³-hybridized carbons (Fsp3) is 0.562. The summed E-state index contributed by atoms with van der Waals surface area (Å²) in [5, 5.41) is 9.51. The van der Waals surface area contributed by atoms with Crippen LogP contribution in [0.5, 0.6) is 11.5 Å². The summed E-state index contributed by atoms with van der Waals surface area (Å²) in [7, 11) is 0. The Morgan fingerprint density at radius 1 is 1.38 bits per heavy atom. The van der Waals surface area contributed by atoms with Gasteiger partial charge in [-0.1, -0.05) is 12.1 Å². The number of carboxylic acid groups (broad SMARTS) is 1. The summed E-state index contributed by atoms with van der Waals surface area (Å²) in [6.07, 6.45) is 0.657. The third kappa shape index (κ3) is 3.29. The van der Waals surface area contributed by atoms with Crippen molar-refractivity contribution in [1.82, 2.24) is 0 Å². The second-order valence-corrected chi connectivity index (χ2v) is 5.20. The molecule has 1 aromatic rings. The van der Waals surface area contributed by atoms with Gasteiger partial charge in [0.2, 0.25) is 0 Å². The average Bonchev–Trinajstić information content (AvgIpc) is 2.83. The van der Waals surface area contributed by atoms with Gasteiger partial charge < -0.3 is 19.3 Å². The lowest BCUT2D eigenvalue weighted by Crippen LogP contribution is -2.38. The summed E-state index contributed by atoms with van der Waals surface area (Å²) in [6, 6.07) is 7.41. The molecule has 21 heavy (non-hydrogen) atoms. The van der Waals surface area contributed by atoms with Crippen LogP contribution in [0.3, 0.4) is 0 Å². The largest absolute Gasteiger partial charge is 0.490 e. The van der Waals surface area contributed by atoms with E-state index in [9.17, 15) is 9.90 Å². The second-order valence-electron chi connectivity index (χ2n) is 5.20. The Morgan fingerprint density at radius 2 is 2.05 bits per heavy atom. The van der Waals surface area contributed by atoms with Crippen molar-refractivity contribution in [3.63, 3.8) is 0 Å². The standard InChI is InChI=1S/C16H22O5/c1-3-19-13-6-4-5-7-14(13)21-11-9-16(15(17)18)8-10-20-12(16)2/h4-7,12H,3,8-11H2,1-2H3,(H,17,18). The van der Waals surface area contributed by atoms with Crippen molar-refractivity contribution in [2.75, 3.05) is 19.8 Å². The molecule has 0 aliphatic carbocycles. The van der Waals surface area contributed by atoms with E-state index < -0.39 is 11.4 Å². The van der Waals surface area contributed by atoms with E-state index in [1.165, 1.54) is 0 Å². The third-order valence-corrected chi connectivity index (χ3v) is 4.07. The SMILES string of the molecule is CCOc1ccccc1OCCC1(C(=O)O)CCOC1C. The summed E-state index contributed by atoms with van der Waals surface area (Å²) < 4.78 is 16.7. The summed E-state index contributed by atoms with van der Waals surface area (Å²) in [5.74, 6) is 0.515. The molecule has 1 saturated heterocycles. The maximum absolute atomic E-state index is 11.6. The first-order chi connectivity index (χ1) is 10.1. The highest BCUT2D eigenvalue weighted by Gasteiger charge is 2.48. The number of para-hydroxylation sites is 2. The summed E-state index contributed by atoms with van der Waals surface area (Å²) in [4.78, 5) is 11.6. The zero-order chi connectivity index (χ0) is 15.3. The smallest absolute Gasteiger partial charge is 0.312 e. The first-order valence-electron chi connectivity index (χ1n) is 7.30. The van der Waals surface area contributed by atoms with Crippen LogP contribution in [0, 0.1) is 5.41 Å². The second kappa shape index (κ2) is 6.80. The van der Waals surface area contributed by atoms with Crippen molar-refractivity contribution in [3.8, 4) is 11.5 Å². The molecule has 2 atom stereocenters. The van der Waals surface area contributed by atoms with E-state index >= 15 is 0 Å². The van der Waals surface area contributed by atoms with Gasteiger partial charge in [0.05, 0.1) is 24.7 Å². The molecular formula is C16H22O5. The van der Waals surface area contributed by atoms with Gasteiger partial charge in [-0.15, -0.1) is 0 Å². The van der Waals surface area contributed by atoms with Gasteiger partial charge in [-0.25, -0.2) is 0 Å². The highest BCUT2D eigenvalue weighted by atomic mass is 16.5. The molecule has 2 unspecified atom stereocenters. The monoisotopic (exact) mass is 294 g/mol. The molecule has 0 saturated carbocycles. The summed E-state index contributed by atoms with van der Waals surface area (Å²) >= 11 is 0. The number of hydrogen-bond acceptors (Lipinski definition) is 4. The molecule has 1 aromatic carbocycles. The molecule has 2 rings (SSSR count). The number of carbonyl (C=O) groups is 1. The maximum atomic E-state index is 11.6. The van der Waals surface area contributed by atoms with Crippen molar-refractivity contribution in [2.24, 2.45) is 5.41 Å². The molecule has 1 fully saturated rings. The number of aliphatic carboxylic acids is 1. The molecule has 0 amide bonds. The Kier molecular flexibility index (Phi) is 5.07. The molecule has 116 valence electrons. The van der Waals surface area contributed by atoms with Gasteiger partial charge in [0.25, 0.3) is 0 Å². The van der Waals surface area contributed by atoms with Crippen LogP contribution in [0.1, 0.15) is 26.7 Å². The van der Waals surface area contributed by atoms with Gasteiger partial charge in [0.1, 0.15) is 0 Å². The fourth-order valence-electron chi connectivity index (χ4n) is 2.68.